The van der Waals surface area contributed by atoms with Crippen LogP contribution in [0.3, 0.4) is 0 Å². The second kappa shape index (κ2) is 6.39. The highest BCUT2D eigenvalue weighted by molar-refractivity contribution is 5.92. The minimum atomic E-state index is -0.450. The van der Waals surface area contributed by atoms with E-state index in [0.29, 0.717) is 5.75 Å². The summed E-state index contributed by atoms with van der Waals surface area (Å²) in [5, 5.41) is 2.49. The summed E-state index contributed by atoms with van der Waals surface area (Å²) in [4.78, 5) is 11.8. The van der Waals surface area contributed by atoms with E-state index in [4.69, 9.17) is 4.74 Å². The number of hydrogen-bond acceptors (Lipinski definition) is 2. The van der Waals surface area contributed by atoms with Crippen LogP contribution in [0.4, 0.5) is 10.1 Å². The first-order valence-corrected chi connectivity index (χ1v) is 6.72. The zero-order chi connectivity index (χ0) is 15.4. The lowest BCUT2D eigenvalue weighted by Crippen LogP contribution is -2.20. The first kappa shape index (κ1) is 15.0. The van der Waals surface area contributed by atoms with Crippen molar-refractivity contribution in [3.8, 4) is 5.75 Å². The van der Waals surface area contributed by atoms with Crippen LogP contribution >= 0.6 is 0 Å². The molecule has 0 fully saturated rings. The van der Waals surface area contributed by atoms with Crippen molar-refractivity contribution in [2.45, 2.75) is 20.8 Å². The van der Waals surface area contributed by atoms with Gasteiger partial charge in [0, 0.05) is 0 Å². The van der Waals surface area contributed by atoms with Crippen LogP contribution in [0.2, 0.25) is 0 Å². The molecule has 3 nitrogen and oxygen atoms in total. The molecule has 0 unspecified atom stereocenters. The number of carbonyl (C=O) groups is 1. The smallest absolute Gasteiger partial charge is 0.262 e. The Balaban J connectivity index is 1.94. The van der Waals surface area contributed by atoms with Gasteiger partial charge >= 0.3 is 0 Å². The van der Waals surface area contributed by atoms with Crippen molar-refractivity contribution in [2.24, 2.45) is 0 Å². The SMILES string of the molecule is Cc1ccc(NC(=O)COc2ccc(C)c(C)c2)c(F)c1. The molecule has 0 saturated carbocycles. The van der Waals surface area contributed by atoms with Gasteiger partial charge in [0.25, 0.3) is 5.91 Å². The van der Waals surface area contributed by atoms with Gasteiger partial charge in [-0.25, -0.2) is 4.39 Å². The van der Waals surface area contributed by atoms with E-state index in [2.05, 4.69) is 5.32 Å². The van der Waals surface area contributed by atoms with E-state index in [1.807, 2.05) is 32.0 Å². The summed E-state index contributed by atoms with van der Waals surface area (Å²) < 4.78 is 19.0. The van der Waals surface area contributed by atoms with Gasteiger partial charge in [0.2, 0.25) is 0 Å². The fraction of sp³-hybridized carbons (Fsp3) is 0.235. The van der Waals surface area contributed by atoms with Crippen molar-refractivity contribution in [1.82, 2.24) is 0 Å². The van der Waals surface area contributed by atoms with Gasteiger partial charge in [-0.1, -0.05) is 12.1 Å². The number of amides is 1. The predicted molar refractivity (Wildman–Crippen MR) is 81.2 cm³/mol. The number of nitrogens with one attached hydrogen (secondary N) is 1. The van der Waals surface area contributed by atoms with E-state index in [1.165, 1.54) is 6.07 Å². The monoisotopic (exact) mass is 287 g/mol. The zero-order valence-corrected chi connectivity index (χ0v) is 12.4. The summed E-state index contributed by atoms with van der Waals surface area (Å²) in [6.07, 6.45) is 0. The molecule has 2 aromatic rings. The Labute approximate surface area is 123 Å². The fourth-order valence-electron chi connectivity index (χ4n) is 1.86. The summed E-state index contributed by atoms with van der Waals surface area (Å²) in [7, 11) is 0. The molecule has 0 heterocycles. The fourth-order valence-corrected chi connectivity index (χ4v) is 1.86. The third-order valence-corrected chi connectivity index (χ3v) is 3.25. The van der Waals surface area contributed by atoms with E-state index in [0.717, 1.165) is 16.7 Å². The molecule has 1 amide bonds. The molecule has 2 rings (SSSR count). The van der Waals surface area contributed by atoms with Crippen LogP contribution in [-0.4, -0.2) is 12.5 Å². The quantitative estimate of drug-likeness (QED) is 0.929. The van der Waals surface area contributed by atoms with E-state index in [-0.39, 0.29) is 12.3 Å². The van der Waals surface area contributed by atoms with Gasteiger partial charge in [0.15, 0.2) is 6.61 Å². The number of rotatable bonds is 4. The van der Waals surface area contributed by atoms with E-state index in [1.54, 1.807) is 19.1 Å². The molecule has 0 bridgehead atoms. The van der Waals surface area contributed by atoms with Crippen molar-refractivity contribution in [2.75, 3.05) is 11.9 Å². The Bertz CT molecular complexity index is 668. The number of benzene rings is 2. The van der Waals surface area contributed by atoms with Gasteiger partial charge < -0.3 is 10.1 Å². The molecule has 0 aliphatic heterocycles. The van der Waals surface area contributed by atoms with Crippen molar-refractivity contribution in [3.05, 3.63) is 58.9 Å². The van der Waals surface area contributed by atoms with Crippen molar-refractivity contribution < 1.29 is 13.9 Å². The summed E-state index contributed by atoms with van der Waals surface area (Å²) in [5.41, 5.74) is 3.22. The van der Waals surface area contributed by atoms with Crippen LogP contribution < -0.4 is 10.1 Å². The van der Waals surface area contributed by atoms with Crippen LogP contribution in [0, 0.1) is 26.6 Å². The number of carbonyl (C=O) groups excluding carboxylic acids is 1. The van der Waals surface area contributed by atoms with Crippen LogP contribution in [-0.2, 0) is 4.79 Å². The standard InChI is InChI=1S/C17H18FNO2/c1-11-4-7-16(15(18)8-11)19-17(20)10-21-14-6-5-12(2)13(3)9-14/h4-9H,10H2,1-3H3,(H,19,20). The predicted octanol–water partition coefficient (Wildman–Crippen LogP) is 3.77. The largest absolute Gasteiger partial charge is 0.484 e. The Hall–Kier alpha value is -2.36. The normalized spacial score (nSPS) is 10.3. The van der Waals surface area contributed by atoms with Crippen molar-refractivity contribution in [1.29, 1.82) is 0 Å². The molecule has 4 heteroatoms. The number of anilines is 1. The lowest BCUT2D eigenvalue weighted by Gasteiger charge is -2.10. The third kappa shape index (κ3) is 4.05. The van der Waals surface area contributed by atoms with Crippen molar-refractivity contribution in [3.63, 3.8) is 0 Å². The second-order valence-corrected chi connectivity index (χ2v) is 5.07. The summed E-state index contributed by atoms with van der Waals surface area (Å²) >= 11 is 0. The molecule has 0 aromatic heterocycles. The first-order valence-electron chi connectivity index (χ1n) is 6.72. The van der Waals surface area contributed by atoms with Crippen LogP contribution in [0.5, 0.6) is 5.75 Å². The molecule has 0 aliphatic carbocycles. The van der Waals surface area contributed by atoms with E-state index in [9.17, 15) is 9.18 Å². The second-order valence-electron chi connectivity index (χ2n) is 5.07. The maximum atomic E-state index is 13.6. The highest BCUT2D eigenvalue weighted by atomic mass is 19.1. The maximum Gasteiger partial charge on any atom is 0.262 e. The highest BCUT2D eigenvalue weighted by Crippen LogP contribution is 2.17. The van der Waals surface area contributed by atoms with Gasteiger partial charge in [-0.3, -0.25) is 4.79 Å². The Kier molecular flexibility index (Phi) is 4.58. The Morgan fingerprint density at radius 2 is 1.86 bits per heavy atom. The first-order chi connectivity index (χ1) is 9.95. The molecule has 0 radical (unpaired) electrons. The number of aryl methyl sites for hydroxylation is 3. The zero-order valence-electron chi connectivity index (χ0n) is 12.4. The molecule has 0 atom stereocenters. The molecular weight excluding hydrogens is 269 g/mol. The van der Waals surface area contributed by atoms with Gasteiger partial charge in [-0.2, -0.15) is 0 Å². The van der Waals surface area contributed by atoms with E-state index < -0.39 is 11.7 Å². The van der Waals surface area contributed by atoms with Crippen LogP contribution in [0.25, 0.3) is 0 Å². The van der Waals surface area contributed by atoms with Crippen molar-refractivity contribution >= 4 is 11.6 Å². The van der Waals surface area contributed by atoms with Gasteiger partial charge in [-0.15, -0.1) is 0 Å². The lowest BCUT2D eigenvalue weighted by atomic mass is 10.1. The summed E-state index contributed by atoms with van der Waals surface area (Å²) in [6.45, 7) is 5.61. The molecule has 1 N–H and O–H groups in total. The molecular formula is C17H18FNO2. The molecule has 21 heavy (non-hydrogen) atoms. The number of halogens is 1. The summed E-state index contributed by atoms with van der Waals surface area (Å²) in [6, 6.07) is 10.3. The average Bonchev–Trinajstić information content (AvgIpc) is 2.43. The minimum absolute atomic E-state index is 0.157. The highest BCUT2D eigenvalue weighted by Gasteiger charge is 2.08. The number of ether oxygens (including phenoxy) is 1. The molecule has 0 spiro atoms. The third-order valence-electron chi connectivity index (χ3n) is 3.25. The molecule has 2 aromatic carbocycles. The molecule has 110 valence electrons. The minimum Gasteiger partial charge on any atom is -0.484 e. The average molecular weight is 287 g/mol. The molecule has 0 aliphatic rings. The maximum absolute atomic E-state index is 13.6. The lowest BCUT2D eigenvalue weighted by molar-refractivity contribution is -0.118. The Morgan fingerprint density at radius 1 is 1.10 bits per heavy atom. The van der Waals surface area contributed by atoms with Crippen LogP contribution in [0.1, 0.15) is 16.7 Å². The molecule has 0 saturated heterocycles. The van der Waals surface area contributed by atoms with Gasteiger partial charge in [-0.05, 0) is 61.7 Å². The Morgan fingerprint density at radius 3 is 2.52 bits per heavy atom. The van der Waals surface area contributed by atoms with Gasteiger partial charge in [0.1, 0.15) is 11.6 Å². The topological polar surface area (TPSA) is 38.3 Å². The van der Waals surface area contributed by atoms with Crippen LogP contribution in [0.15, 0.2) is 36.4 Å². The van der Waals surface area contributed by atoms with Gasteiger partial charge in [0.05, 0.1) is 5.69 Å². The number of hydrogen-bond donors (Lipinski definition) is 1. The van der Waals surface area contributed by atoms with E-state index >= 15 is 0 Å². The summed E-state index contributed by atoms with van der Waals surface area (Å²) in [5.74, 6) is -0.219.